The zero-order valence-electron chi connectivity index (χ0n) is 13.5. The van der Waals surface area contributed by atoms with Crippen LogP contribution in [0.3, 0.4) is 0 Å². The van der Waals surface area contributed by atoms with Gasteiger partial charge in [-0.3, -0.25) is 0 Å². The Hall–Kier alpha value is 1.88. The first-order valence-electron chi connectivity index (χ1n) is 5.10. The Morgan fingerprint density at radius 2 is 0.441 bits per heavy atom. The fourth-order valence-electron chi connectivity index (χ4n) is 0.987. The molecule has 0 bridgehead atoms. The van der Waals surface area contributed by atoms with Crippen molar-refractivity contribution in [3.05, 3.63) is 13.3 Å². The molecule has 0 rings (SSSR count). The Morgan fingerprint density at radius 3 is 0.500 bits per heavy atom. The Morgan fingerprint density at radius 1 is 0.353 bits per heavy atom. The van der Waals surface area contributed by atoms with Gasteiger partial charge in [0.1, 0.15) is 0 Å². The summed E-state index contributed by atoms with van der Waals surface area (Å²) < 4.78 is 257. The molecule has 0 heterocycles. The quantitative estimate of drug-likeness (QED) is 0.127. The van der Waals surface area contributed by atoms with Gasteiger partial charge >= 0.3 is 197 Å². The zero-order valence-corrected chi connectivity index (χ0v) is 24.3. The number of hydrogen-bond donors (Lipinski definition) is 0. The molecule has 0 aliphatic carbocycles. The van der Waals surface area contributed by atoms with E-state index in [9.17, 15) is 57.8 Å². The van der Waals surface area contributed by atoms with Crippen LogP contribution in [0, 0.1) is 13.3 Å². The van der Waals surface area contributed by atoms with Gasteiger partial charge < -0.3 is 0 Å². The van der Waals surface area contributed by atoms with Crippen molar-refractivity contribution in [2.45, 2.75) is 0 Å². The summed E-state index contributed by atoms with van der Waals surface area (Å²) in [7, 11) is 0. The minimum atomic E-state index is -13.9. The first-order valence-corrected chi connectivity index (χ1v) is 26.5. The molecule has 0 N–H and O–H groups in total. The van der Waals surface area contributed by atoms with E-state index < -0.39 is 81.7 Å². The van der Waals surface area contributed by atoms with Crippen LogP contribution in [0.15, 0.2) is 0 Å². The molecule has 0 atom stereocenters. The Kier molecular flexibility index (Phi) is 9.79. The minimum absolute atomic E-state index is 0. The second-order valence-electron chi connectivity index (χ2n) is 4.55. The van der Waals surface area contributed by atoms with Gasteiger partial charge in [0, 0.05) is 0 Å². The maximum absolute atomic E-state index is 13.9. The van der Waals surface area contributed by atoms with E-state index in [0.29, 0.717) is 12.1 Å². The summed E-state index contributed by atoms with van der Waals surface area (Å²) >= 11 is -55.7. The average Bonchev–Trinajstić information content (AvgIpc) is 2.13. The van der Waals surface area contributed by atoms with Crippen LogP contribution >= 0.6 is 0 Å². The van der Waals surface area contributed by atoms with Crippen molar-refractivity contribution in [3.63, 3.8) is 0 Å². The van der Waals surface area contributed by atoms with Gasteiger partial charge in [0.2, 0.25) is 0 Å². The second kappa shape index (κ2) is 7.75. The number of hydrogen-bond acceptors (Lipinski definition) is 4. The van der Waals surface area contributed by atoms with Crippen LogP contribution in [0.1, 0.15) is 0 Å². The van der Waals surface area contributed by atoms with Crippen LogP contribution in [-0.4, -0.2) is 81.7 Å². The van der Waals surface area contributed by atoms with Gasteiger partial charge in [0.05, 0.1) is 0 Å². The number of rotatable bonds is 8. The third kappa shape index (κ3) is 31.9. The first-order chi connectivity index (χ1) is 12.7. The zero-order chi connectivity index (χ0) is 29.0. The summed E-state index contributed by atoms with van der Waals surface area (Å²) in [5, 5.41) is 0. The molecule has 0 unspecified atom stereocenters. The van der Waals surface area contributed by atoms with E-state index >= 15 is 0 Å². The van der Waals surface area contributed by atoms with Crippen molar-refractivity contribution in [1.29, 1.82) is 0 Å². The van der Waals surface area contributed by atoms with E-state index in [1.807, 2.05) is 0 Å². The van der Waals surface area contributed by atoms with Gasteiger partial charge in [-0.25, -0.2) is 0 Å². The molecule has 0 aromatic rings. The molecule has 0 fully saturated rings. The van der Waals surface area contributed by atoms with Crippen LogP contribution in [0.2, 0.25) is 0 Å². The molecule has 0 spiro atoms. The molecule has 0 aliphatic rings. The van der Waals surface area contributed by atoms with Crippen molar-refractivity contribution < 1.29 is 102 Å². The molecule has 0 saturated carbocycles. The normalized spacial score (nSPS) is 23.1. The molecule has 0 aromatic heterocycles. The molecular formula is C2AgBF20O6Te4. The summed E-state index contributed by atoms with van der Waals surface area (Å²) in [6.07, 6.45) is 0. The molecule has 32 heteroatoms. The predicted octanol–water partition coefficient (Wildman–Crippen LogP) is 6.15. The molecule has 0 saturated heterocycles. The summed E-state index contributed by atoms with van der Waals surface area (Å²) in [6, 6.07) is 0. The summed E-state index contributed by atoms with van der Waals surface area (Å²) in [5.74, 6) is 0. The second-order valence-corrected chi connectivity index (χ2v) is 27.3. The van der Waals surface area contributed by atoms with Gasteiger partial charge in [-0.2, -0.15) is 0 Å². The topological polar surface area (TPSA) is 76.7 Å². The standard InChI is InChI=1S/2CO.Ag.BF20O4Te4/c2*1-2;;2-26(3,4,5,6)22-1(23-27(7,8,9,10)11,24-28(12,13,14,15)16)25-29(17,18,19,20)21/q;;+1;-1. The van der Waals surface area contributed by atoms with Gasteiger partial charge in [-0.15, -0.1) is 0 Å². The van der Waals surface area contributed by atoms with Gasteiger partial charge in [-0.05, 0) is 0 Å². The first kappa shape index (κ1) is 43.0. The van der Waals surface area contributed by atoms with Crippen molar-refractivity contribution in [3.8, 4) is 0 Å². The van der Waals surface area contributed by atoms with Crippen LogP contribution in [-0.2, 0) is 43.8 Å². The van der Waals surface area contributed by atoms with Crippen LogP contribution in [0.5, 0.6) is 0 Å². The Balaban J connectivity index is -0.000000849. The molecule has 6 nitrogen and oxygen atoms in total. The molecule has 0 amide bonds. The van der Waals surface area contributed by atoms with Crippen LogP contribution in [0.25, 0.3) is 0 Å². The van der Waals surface area contributed by atoms with Crippen LogP contribution in [0.4, 0.5) is 57.8 Å². The van der Waals surface area contributed by atoms with Crippen molar-refractivity contribution in [2.24, 2.45) is 0 Å². The van der Waals surface area contributed by atoms with E-state index in [0.717, 1.165) is 0 Å². The monoisotopic (exact) mass is 1140 g/mol. The van der Waals surface area contributed by atoms with E-state index in [1.54, 1.807) is 0 Å². The van der Waals surface area contributed by atoms with E-state index in [1.165, 1.54) is 0 Å². The predicted molar refractivity (Wildman–Crippen MR) is 63.1 cm³/mol. The average molecular weight is 1130 g/mol. The van der Waals surface area contributed by atoms with E-state index in [4.69, 9.17) is 9.30 Å². The fourth-order valence-corrected chi connectivity index (χ4v) is 10.3. The summed E-state index contributed by atoms with van der Waals surface area (Å²) in [6.45, 7) is -0.951. The van der Waals surface area contributed by atoms with Crippen molar-refractivity contribution >= 4 is 81.7 Å². The van der Waals surface area contributed by atoms with Crippen molar-refractivity contribution in [2.75, 3.05) is 0 Å². The maximum atomic E-state index is 12.0. The van der Waals surface area contributed by atoms with Gasteiger partial charge in [0.25, 0.3) is 0 Å². The third-order valence-electron chi connectivity index (χ3n) is 1.20. The molecule has 0 aromatic carbocycles. The van der Waals surface area contributed by atoms with E-state index in [-0.39, 0.29) is 22.4 Å². The van der Waals surface area contributed by atoms with Crippen molar-refractivity contribution in [1.82, 2.24) is 0 Å². The van der Waals surface area contributed by atoms with Gasteiger partial charge in [0.15, 0.2) is 0 Å². The molecular weight excluding hydrogens is 1130 g/mol. The molecule has 0 aliphatic heterocycles. The molecule has 0 radical (unpaired) electrons. The molecule has 34 heavy (non-hydrogen) atoms. The Bertz CT molecular complexity index is 672. The SMILES string of the molecule is F[Te](F)(F)(F)(F)O[B-](O[Te](F)(F)(F)(F)F)(O[Te](F)(F)(F)(F)F)O[Te](F)(F)(F)(F)F.[Ag+].[C-]#[O+].[C-]#[O+]. The fraction of sp³-hybridized carbons (Fsp3) is 0. The number of halogens is 20. The van der Waals surface area contributed by atoms with E-state index in [2.05, 4.69) is 13.3 Å². The third-order valence-corrected chi connectivity index (χ3v) is 8.04. The van der Waals surface area contributed by atoms with Crippen LogP contribution < -0.4 is 0 Å². The summed E-state index contributed by atoms with van der Waals surface area (Å²) in [5.41, 5.74) is 0. The van der Waals surface area contributed by atoms with Gasteiger partial charge in [-0.1, -0.05) is 0 Å². The summed E-state index contributed by atoms with van der Waals surface area (Å²) in [4.78, 5) is 0. The molecule has 222 valence electrons. The Labute approximate surface area is 194 Å².